The van der Waals surface area contributed by atoms with Crippen LogP contribution < -0.4 is 9.47 Å². The molecule has 0 heterocycles. The number of halogens is 20. The second kappa shape index (κ2) is 47.6. The Balaban J connectivity index is 1.11. The Morgan fingerprint density at radius 1 is 0.266 bits per heavy atom. The van der Waals surface area contributed by atoms with E-state index < -0.39 is 165 Å². The lowest BCUT2D eigenvalue weighted by atomic mass is 9.85. The fraction of sp³-hybridized carbons (Fsp3) is 0.674. The number of rotatable bonds is 63. The van der Waals surface area contributed by atoms with Gasteiger partial charge in [0.15, 0.2) is 46.5 Å². The van der Waals surface area contributed by atoms with E-state index in [0.717, 1.165) is 110 Å². The molecule has 0 spiro atoms. The van der Waals surface area contributed by atoms with Crippen LogP contribution in [-0.4, -0.2) is 165 Å². The zero-order valence-electron chi connectivity index (χ0n) is 76.2. The maximum Gasteiger partial charge on any atom is 0.385 e. The van der Waals surface area contributed by atoms with Gasteiger partial charge in [-0.3, -0.25) is 9.59 Å². The molecule has 4 aromatic carbocycles. The first-order valence-electron chi connectivity index (χ1n) is 43.4. The SMILES string of the molecule is C[Si](C)(CCCCCCCCC(=O)OCC(F)(F)C(F)(F)C(F)(F)C(F)(F)C(F)(F)C(F)(F)C(F)(F)C(F)(F)C(F)(F)C(F)(F)COC(=O)CCCCCCCC[Si](C)(C)O[Si](C)(C)O[Si](C)(C)O[Si](C)(C)CCCCCCCOc1ccc(-c2ccc(C#N)cc2)cc1)O[Si](C)(C)O[Si](C)(C)O[Si](C)(C)CCCCCCCOc1ccc(-c2ccc(C#N)cc2)cc1. The molecular formula is C86H128F20N2O12Si8. The summed E-state index contributed by atoms with van der Waals surface area (Å²) in [5.41, 5.74) is 5.24. The molecule has 0 amide bonds. The molecule has 0 saturated carbocycles. The van der Waals surface area contributed by atoms with Gasteiger partial charge in [0.2, 0.25) is 0 Å². The van der Waals surface area contributed by atoms with Crippen LogP contribution in [0.4, 0.5) is 87.8 Å². The molecule has 4 rings (SSSR count). The molecule has 128 heavy (non-hydrogen) atoms. The van der Waals surface area contributed by atoms with Gasteiger partial charge in [0.1, 0.15) is 11.5 Å². The first-order chi connectivity index (χ1) is 58.6. The Labute approximate surface area is 749 Å². The predicted octanol–water partition coefficient (Wildman–Crippen LogP) is 28.8. The molecule has 14 nitrogen and oxygen atoms in total. The van der Waals surface area contributed by atoms with Gasteiger partial charge in [-0.2, -0.15) is 98.3 Å². The van der Waals surface area contributed by atoms with Gasteiger partial charge in [-0.25, -0.2) is 0 Å². The Bertz CT molecular complexity index is 3880. The normalized spacial score (nSPS) is 13.9. The van der Waals surface area contributed by atoms with E-state index >= 15 is 0 Å². The summed E-state index contributed by atoms with van der Waals surface area (Å²) in [7, 11) is -19.9. The van der Waals surface area contributed by atoms with Crippen LogP contribution in [0.3, 0.4) is 0 Å². The lowest BCUT2D eigenvalue weighted by Gasteiger charge is -2.45. The van der Waals surface area contributed by atoms with Crippen molar-refractivity contribution in [2.45, 2.75) is 342 Å². The van der Waals surface area contributed by atoms with Crippen molar-refractivity contribution >= 4 is 79.5 Å². The van der Waals surface area contributed by atoms with Crippen LogP contribution in [0.2, 0.25) is 129 Å². The summed E-state index contributed by atoms with van der Waals surface area (Å²) in [4.78, 5) is 24.4. The summed E-state index contributed by atoms with van der Waals surface area (Å²) < 4.78 is 355. The van der Waals surface area contributed by atoms with Crippen molar-refractivity contribution in [2.75, 3.05) is 26.4 Å². The van der Waals surface area contributed by atoms with Crippen LogP contribution in [0.15, 0.2) is 97.1 Å². The van der Waals surface area contributed by atoms with Crippen molar-refractivity contribution in [3.8, 4) is 45.9 Å². The number of nitrogens with zero attached hydrogens (tertiary/aromatic N) is 2. The minimum Gasteiger partial charge on any atom is -0.494 e. The van der Waals surface area contributed by atoms with Gasteiger partial charge in [0.05, 0.1) is 36.5 Å². The van der Waals surface area contributed by atoms with Gasteiger partial charge in [-0.1, -0.05) is 164 Å². The third-order valence-corrected chi connectivity index (χ3v) is 52.0. The average Bonchev–Trinajstić information content (AvgIpc) is 0.684. The highest BCUT2D eigenvalue weighted by Gasteiger charge is 2.97. The van der Waals surface area contributed by atoms with Crippen molar-refractivity contribution in [3.05, 3.63) is 108 Å². The fourth-order valence-corrected chi connectivity index (χ4v) is 54.2. The van der Waals surface area contributed by atoms with Crippen molar-refractivity contribution in [1.29, 1.82) is 10.5 Å². The van der Waals surface area contributed by atoms with E-state index in [9.17, 15) is 97.4 Å². The maximum absolute atomic E-state index is 14.8. The molecular weight excluding hydrogens is 1860 g/mol. The average molecular weight is 1990 g/mol. The Morgan fingerprint density at radius 3 is 0.688 bits per heavy atom. The molecule has 4 aromatic rings. The molecule has 0 aliphatic heterocycles. The third kappa shape index (κ3) is 34.4. The van der Waals surface area contributed by atoms with Gasteiger partial charge in [0.25, 0.3) is 0 Å². The van der Waals surface area contributed by atoms with Crippen LogP contribution in [0.1, 0.15) is 165 Å². The van der Waals surface area contributed by atoms with E-state index in [-0.39, 0.29) is 25.7 Å². The largest absolute Gasteiger partial charge is 0.494 e. The molecule has 42 heteroatoms. The minimum absolute atomic E-state index is 0.109. The van der Waals surface area contributed by atoms with Gasteiger partial charge < -0.3 is 43.6 Å². The van der Waals surface area contributed by atoms with Crippen molar-refractivity contribution in [3.63, 3.8) is 0 Å². The first kappa shape index (κ1) is 115. The number of hydrogen-bond donors (Lipinski definition) is 0. The molecule has 0 fully saturated rings. The topological polar surface area (TPSA) is 174 Å². The fourth-order valence-electron chi connectivity index (χ4n) is 15.2. The lowest BCUT2D eigenvalue weighted by molar-refractivity contribution is -0.469. The molecule has 0 atom stereocenters. The van der Waals surface area contributed by atoms with E-state index in [1.165, 1.54) is 0 Å². The summed E-state index contributed by atoms with van der Waals surface area (Å²) in [6, 6.07) is 37.8. The molecule has 0 radical (unpaired) electrons. The van der Waals surface area contributed by atoms with Crippen molar-refractivity contribution in [2.24, 2.45) is 0 Å². The third-order valence-electron chi connectivity index (χ3n) is 21.2. The van der Waals surface area contributed by atoms with Gasteiger partial charge in [-0.15, -0.1) is 0 Å². The molecule has 726 valence electrons. The number of carbonyl (C=O) groups excluding carboxylic acids is 2. The van der Waals surface area contributed by atoms with Gasteiger partial charge in [-0.05, 0) is 225 Å². The molecule has 0 aliphatic rings. The number of unbranched alkanes of at least 4 members (excludes halogenated alkanes) is 18. The Hall–Kier alpha value is -5.50. The standard InChI is InChI=1S/C86H128F20N2O12Si8/c1-121(2,115-125(9,10)119-127(13,14)117-123(5,6)61-37-29-21-25-33-57-111-73-53-49-71(50-54-73)69-45-41-67(63-107)42-46-69)59-35-27-19-17-23-31-39-75(109)113-65-77(87,88)79(91,92)81(95,96)83(99,100)85(103,104)86(105,106)84(101,102)82(97,98)80(93,94)78(89,90)66-114-76(110)40-32-24-18-20-28-36-60-122(3,4)116-126(11,12)120-128(15,16)118-124(7,8)62-38-30-22-26-34-58-112-74-55-51-72(52-56-74)70-47-43-68(64-108)44-48-70/h41-56H,17-40,57-62,65-66H2,1-16H3. The molecule has 0 aromatic heterocycles. The van der Waals surface area contributed by atoms with Crippen LogP contribution in [-0.2, 0) is 43.8 Å². The maximum atomic E-state index is 14.8. The van der Waals surface area contributed by atoms with Gasteiger partial charge in [0, 0.05) is 12.8 Å². The number of nitriles is 2. The second-order valence-corrected chi connectivity index (χ2v) is 69.2. The van der Waals surface area contributed by atoms with Crippen molar-refractivity contribution in [1.82, 2.24) is 0 Å². The van der Waals surface area contributed by atoms with Crippen LogP contribution >= 0.6 is 0 Å². The molecule has 0 bridgehead atoms. The summed E-state index contributed by atoms with van der Waals surface area (Å²) in [5.74, 6) is -87.0. The van der Waals surface area contributed by atoms with E-state index in [1.54, 1.807) is 24.3 Å². The predicted molar refractivity (Wildman–Crippen MR) is 472 cm³/mol. The van der Waals surface area contributed by atoms with E-state index in [1.807, 2.05) is 151 Å². The van der Waals surface area contributed by atoms with Crippen LogP contribution in [0, 0.1) is 22.7 Å². The quantitative estimate of drug-likeness (QED) is 0.0177. The summed E-state index contributed by atoms with van der Waals surface area (Å²) in [6.07, 6.45) is 12.0. The zero-order chi connectivity index (χ0) is 97.2. The van der Waals surface area contributed by atoms with Crippen LogP contribution in [0.5, 0.6) is 11.5 Å². The number of ether oxygens (including phenoxy) is 4. The van der Waals surface area contributed by atoms with Crippen LogP contribution in [0.25, 0.3) is 22.3 Å². The number of benzene rings is 4. The van der Waals surface area contributed by atoms with Crippen molar-refractivity contribution < 1.29 is 141 Å². The summed E-state index contributed by atoms with van der Waals surface area (Å²) >= 11 is 0. The zero-order valence-corrected chi connectivity index (χ0v) is 84.2. The lowest BCUT2D eigenvalue weighted by Crippen LogP contribution is -2.77. The smallest absolute Gasteiger partial charge is 0.385 e. The van der Waals surface area contributed by atoms with Gasteiger partial charge >= 0.3 is 105 Å². The first-order valence-corrected chi connectivity index (χ1v) is 67.1. The number of alkyl halides is 20. The monoisotopic (exact) mass is 1980 g/mol. The molecule has 0 saturated heterocycles. The minimum atomic E-state index is -9.25. The molecule has 0 N–H and O–H groups in total. The highest BCUT2D eigenvalue weighted by molar-refractivity contribution is 6.90. The van der Waals surface area contributed by atoms with E-state index in [4.69, 9.17) is 44.7 Å². The second-order valence-electron chi connectivity index (χ2n) is 37.0. The Morgan fingerprint density at radius 2 is 0.461 bits per heavy atom. The highest BCUT2D eigenvalue weighted by atomic mass is 28.5. The Kier molecular flexibility index (Phi) is 42.7. The summed E-state index contributed by atoms with van der Waals surface area (Å²) in [5, 5.41) is 18.1. The molecule has 0 aliphatic carbocycles. The highest BCUT2D eigenvalue weighted by Crippen LogP contribution is 2.66. The number of carbonyl (C=O) groups is 2. The number of hydrogen-bond acceptors (Lipinski definition) is 14. The molecule has 0 unspecified atom stereocenters. The summed E-state index contributed by atoms with van der Waals surface area (Å²) in [6.45, 7) is 26.8. The van der Waals surface area contributed by atoms with E-state index in [0.29, 0.717) is 87.8 Å². The number of esters is 2. The van der Waals surface area contributed by atoms with E-state index in [2.05, 4.69) is 47.8 Å².